The lowest BCUT2D eigenvalue weighted by atomic mass is 10.0. The minimum absolute atomic E-state index is 0.0719. The average molecular weight is 917 g/mol. The Morgan fingerprint density at radius 2 is 0.652 bits per heavy atom. The van der Waals surface area contributed by atoms with Crippen molar-refractivity contribution in [1.29, 1.82) is 0 Å². The van der Waals surface area contributed by atoms with Crippen molar-refractivity contribution in [3.05, 3.63) is 97.2 Å². The first-order valence-electron chi connectivity index (χ1n) is 27.8. The van der Waals surface area contributed by atoms with Crippen molar-refractivity contribution in [2.75, 3.05) is 13.2 Å². The summed E-state index contributed by atoms with van der Waals surface area (Å²) in [6.45, 7) is 4.02. The summed E-state index contributed by atoms with van der Waals surface area (Å²) in [6.07, 6.45) is 79.4. The van der Waals surface area contributed by atoms with E-state index in [1.54, 1.807) is 0 Å². The molecule has 0 aliphatic rings. The summed E-state index contributed by atoms with van der Waals surface area (Å²) >= 11 is 0. The molecule has 0 amide bonds. The Morgan fingerprint density at radius 1 is 0.364 bits per heavy atom. The largest absolute Gasteiger partial charge is 0.462 e. The number of unbranched alkanes of at least 4 members (excludes halogenated alkanes) is 26. The van der Waals surface area contributed by atoms with E-state index in [2.05, 4.69) is 111 Å². The lowest BCUT2D eigenvalue weighted by Gasteiger charge is -2.15. The molecule has 0 aromatic heterocycles. The zero-order valence-electron chi connectivity index (χ0n) is 43.2. The van der Waals surface area contributed by atoms with Gasteiger partial charge in [0.2, 0.25) is 0 Å². The van der Waals surface area contributed by atoms with Gasteiger partial charge in [-0.1, -0.05) is 246 Å². The fourth-order valence-electron chi connectivity index (χ4n) is 7.71. The molecular formula is C61H104O5. The van der Waals surface area contributed by atoms with Gasteiger partial charge in [-0.15, -0.1) is 0 Å². The first kappa shape index (κ1) is 62.8. The van der Waals surface area contributed by atoms with E-state index in [-0.39, 0.29) is 25.2 Å². The molecule has 0 spiro atoms. The van der Waals surface area contributed by atoms with Crippen molar-refractivity contribution in [2.24, 2.45) is 0 Å². The van der Waals surface area contributed by atoms with Crippen LogP contribution in [-0.2, 0) is 19.1 Å². The number of esters is 2. The molecule has 0 rings (SSSR count). The highest BCUT2D eigenvalue weighted by molar-refractivity contribution is 5.70. The number of rotatable bonds is 50. The molecule has 0 aromatic carbocycles. The highest BCUT2D eigenvalue weighted by Gasteiger charge is 2.16. The van der Waals surface area contributed by atoms with Crippen LogP contribution < -0.4 is 0 Å². The lowest BCUT2D eigenvalue weighted by molar-refractivity contribution is -0.161. The molecule has 0 saturated carbocycles. The van der Waals surface area contributed by atoms with E-state index < -0.39 is 6.10 Å². The van der Waals surface area contributed by atoms with Gasteiger partial charge < -0.3 is 14.6 Å². The van der Waals surface area contributed by atoms with Crippen LogP contribution >= 0.6 is 0 Å². The van der Waals surface area contributed by atoms with E-state index >= 15 is 0 Å². The van der Waals surface area contributed by atoms with Crippen molar-refractivity contribution < 1.29 is 24.2 Å². The lowest BCUT2D eigenvalue weighted by Crippen LogP contribution is -2.28. The van der Waals surface area contributed by atoms with Gasteiger partial charge in [0.05, 0.1) is 6.61 Å². The van der Waals surface area contributed by atoms with Gasteiger partial charge in [0, 0.05) is 12.8 Å². The highest BCUT2D eigenvalue weighted by Crippen LogP contribution is 2.15. The molecule has 5 nitrogen and oxygen atoms in total. The maximum atomic E-state index is 12.3. The first-order valence-corrected chi connectivity index (χ1v) is 27.8. The summed E-state index contributed by atoms with van der Waals surface area (Å²) in [4.78, 5) is 24.5. The zero-order chi connectivity index (χ0) is 47.7. The molecule has 0 radical (unpaired) electrons. The minimum atomic E-state index is -0.781. The monoisotopic (exact) mass is 917 g/mol. The van der Waals surface area contributed by atoms with Gasteiger partial charge in [0.1, 0.15) is 6.61 Å². The van der Waals surface area contributed by atoms with Crippen molar-refractivity contribution in [1.82, 2.24) is 0 Å². The molecule has 0 aromatic rings. The number of carbonyl (C=O) groups is 2. The van der Waals surface area contributed by atoms with E-state index in [0.717, 1.165) is 83.5 Å². The second-order valence-electron chi connectivity index (χ2n) is 18.3. The third-order valence-corrected chi connectivity index (χ3v) is 11.9. The van der Waals surface area contributed by atoms with Gasteiger partial charge in [-0.3, -0.25) is 9.59 Å². The Kier molecular flexibility index (Phi) is 53.4. The summed E-state index contributed by atoms with van der Waals surface area (Å²) < 4.78 is 10.7. The second kappa shape index (κ2) is 56.1. The number of aliphatic hydroxyl groups excluding tert-OH is 1. The van der Waals surface area contributed by atoms with Gasteiger partial charge in [-0.2, -0.15) is 0 Å². The summed E-state index contributed by atoms with van der Waals surface area (Å²) in [5, 5.41) is 9.65. The molecule has 0 aliphatic heterocycles. The van der Waals surface area contributed by atoms with E-state index in [0.29, 0.717) is 12.8 Å². The van der Waals surface area contributed by atoms with Gasteiger partial charge >= 0.3 is 11.9 Å². The minimum Gasteiger partial charge on any atom is -0.462 e. The molecule has 0 fully saturated rings. The van der Waals surface area contributed by atoms with Crippen molar-refractivity contribution in [3.63, 3.8) is 0 Å². The number of hydrogen-bond donors (Lipinski definition) is 1. The standard InChI is InChI=1S/C61H104O5/c1-3-5-7-9-11-13-15-17-19-21-23-25-26-27-28-29-30-31-32-33-34-36-38-40-42-44-46-48-50-52-54-56-61(64)66-59(57-62)58-65-60(63)55-53-51-49-47-45-43-41-39-37-35-24-22-20-18-16-14-12-10-8-6-4-2/h5,7,11,13,16-19,22-25,27-28,30-31,59,62H,3-4,6,8-10,12,14-15,20-21,26,29,32-58H2,1-2H3/b7-5-,13-11-,18-16-,19-17-,24-22-,25-23-,28-27-,31-30-. The van der Waals surface area contributed by atoms with Crippen LogP contribution in [0.1, 0.15) is 258 Å². The Balaban J connectivity index is 3.53. The fraction of sp³-hybridized carbons (Fsp3) is 0.705. The van der Waals surface area contributed by atoms with Gasteiger partial charge in [0.25, 0.3) is 0 Å². The molecule has 1 atom stereocenters. The van der Waals surface area contributed by atoms with Crippen LogP contribution in [-0.4, -0.2) is 36.4 Å². The first-order chi connectivity index (χ1) is 32.6. The SMILES string of the molecule is CC/C=C\C/C=C\C/C=C\C/C=C\C/C=C\C/C=C\CCCCCCCCCCCCCCC(=O)OC(CO)COC(=O)CCCCCCCCCCC/C=C\C/C=C\CCCCCCC. The van der Waals surface area contributed by atoms with E-state index in [9.17, 15) is 14.7 Å². The number of ether oxygens (including phenoxy) is 2. The van der Waals surface area contributed by atoms with Crippen LogP contribution in [0.4, 0.5) is 0 Å². The average Bonchev–Trinajstić information content (AvgIpc) is 3.32. The molecular weight excluding hydrogens is 813 g/mol. The third-order valence-electron chi connectivity index (χ3n) is 11.9. The van der Waals surface area contributed by atoms with Crippen molar-refractivity contribution >= 4 is 11.9 Å². The molecule has 0 aliphatic carbocycles. The normalized spacial score (nSPS) is 13.0. The van der Waals surface area contributed by atoms with Crippen molar-refractivity contribution in [3.8, 4) is 0 Å². The Morgan fingerprint density at radius 3 is 0.985 bits per heavy atom. The third kappa shape index (κ3) is 53.4. The second-order valence-corrected chi connectivity index (χ2v) is 18.3. The molecule has 5 heteroatoms. The summed E-state index contributed by atoms with van der Waals surface area (Å²) in [7, 11) is 0. The molecule has 66 heavy (non-hydrogen) atoms. The fourth-order valence-corrected chi connectivity index (χ4v) is 7.71. The number of aliphatic hydroxyl groups is 1. The maximum Gasteiger partial charge on any atom is 0.306 e. The Labute approximate surface area is 408 Å². The predicted octanol–water partition coefficient (Wildman–Crippen LogP) is 18.7. The molecule has 0 bridgehead atoms. The molecule has 1 unspecified atom stereocenters. The summed E-state index contributed by atoms with van der Waals surface area (Å²) in [5.41, 5.74) is 0. The van der Waals surface area contributed by atoms with Crippen molar-refractivity contribution in [2.45, 2.75) is 264 Å². The molecule has 0 heterocycles. The van der Waals surface area contributed by atoms with Crippen LogP contribution in [0.5, 0.6) is 0 Å². The Hall–Kier alpha value is -3.18. The summed E-state index contributed by atoms with van der Waals surface area (Å²) in [6, 6.07) is 0. The van der Waals surface area contributed by atoms with Gasteiger partial charge in [0.15, 0.2) is 6.10 Å². The number of carbonyl (C=O) groups excluding carboxylic acids is 2. The molecule has 0 saturated heterocycles. The Bertz CT molecular complexity index is 1270. The highest BCUT2D eigenvalue weighted by atomic mass is 16.6. The van der Waals surface area contributed by atoms with E-state index in [1.165, 1.54) is 148 Å². The topological polar surface area (TPSA) is 72.8 Å². The van der Waals surface area contributed by atoms with Gasteiger partial charge in [-0.05, 0) is 96.3 Å². The van der Waals surface area contributed by atoms with Crippen LogP contribution in [0.2, 0.25) is 0 Å². The van der Waals surface area contributed by atoms with Crippen LogP contribution in [0.15, 0.2) is 97.2 Å². The number of allylic oxidation sites excluding steroid dienone is 16. The molecule has 378 valence electrons. The molecule has 1 N–H and O–H groups in total. The van der Waals surface area contributed by atoms with Crippen LogP contribution in [0.3, 0.4) is 0 Å². The smallest absolute Gasteiger partial charge is 0.306 e. The van der Waals surface area contributed by atoms with E-state index in [4.69, 9.17) is 9.47 Å². The zero-order valence-corrected chi connectivity index (χ0v) is 43.2. The van der Waals surface area contributed by atoms with Crippen LogP contribution in [0, 0.1) is 0 Å². The predicted molar refractivity (Wildman–Crippen MR) is 288 cm³/mol. The van der Waals surface area contributed by atoms with Gasteiger partial charge in [-0.25, -0.2) is 0 Å². The quantitative estimate of drug-likeness (QED) is 0.0374. The summed E-state index contributed by atoms with van der Waals surface area (Å²) in [5.74, 6) is -0.596. The number of hydrogen-bond acceptors (Lipinski definition) is 5. The van der Waals surface area contributed by atoms with Crippen LogP contribution in [0.25, 0.3) is 0 Å². The maximum absolute atomic E-state index is 12.3. The van der Waals surface area contributed by atoms with E-state index in [1.807, 2.05) is 0 Å².